The molecule has 3 fully saturated rings. The molecule has 0 amide bonds. The number of hydrogen-bond donors (Lipinski definition) is 0. The van der Waals surface area contributed by atoms with Gasteiger partial charge in [0.2, 0.25) is 0 Å². The van der Waals surface area contributed by atoms with Crippen LogP contribution in [0.1, 0.15) is 75.0 Å². The summed E-state index contributed by atoms with van der Waals surface area (Å²) in [6.45, 7) is 2.05. The van der Waals surface area contributed by atoms with Crippen LogP contribution >= 0.6 is 21.6 Å². The molecule has 1 saturated carbocycles. The van der Waals surface area contributed by atoms with Gasteiger partial charge >= 0.3 is 18.1 Å². The highest BCUT2D eigenvalue weighted by atomic mass is 33.1. The van der Waals surface area contributed by atoms with Crippen molar-refractivity contribution in [2.75, 3.05) is 58.6 Å². The summed E-state index contributed by atoms with van der Waals surface area (Å²) in [5.74, 6) is 0.571. The molecule has 14 heteroatoms. The molecule has 0 bridgehead atoms. The van der Waals surface area contributed by atoms with E-state index in [9.17, 15) is 18.8 Å². The molecule has 1 aromatic heterocycles. The van der Waals surface area contributed by atoms with E-state index in [1.54, 1.807) is 12.1 Å². The van der Waals surface area contributed by atoms with Gasteiger partial charge in [-0.2, -0.15) is 0 Å². The molecule has 302 valence electrons. The molecule has 2 saturated heterocycles. The number of ether oxygens (including phenoxy) is 7. The number of hydrogen-bond acceptors (Lipinski definition) is 13. The fraction of sp³-hybridized carbons (Fsp3) is 0.524. The molecule has 3 atom stereocenters. The van der Waals surface area contributed by atoms with Gasteiger partial charge in [-0.25, -0.2) is 9.18 Å². The molecule has 2 aromatic carbocycles. The largest absolute Gasteiger partial charge is 0.508 e. The smallest absolute Gasteiger partial charge is 0.463 e. The van der Waals surface area contributed by atoms with E-state index in [4.69, 9.17) is 38.1 Å². The zero-order valence-corrected chi connectivity index (χ0v) is 33.2. The Morgan fingerprint density at radius 1 is 0.875 bits per heavy atom. The number of benzene rings is 2. The van der Waals surface area contributed by atoms with Crippen molar-refractivity contribution in [2.24, 2.45) is 0 Å². The Balaban J connectivity index is 0.846. The summed E-state index contributed by atoms with van der Waals surface area (Å²) in [6, 6.07) is 14.3. The molecule has 11 nitrogen and oxygen atoms in total. The lowest BCUT2D eigenvalue weighted by atomic mass is 9.92. The minimum absolute atomic E-state index is 0.0228. The highest BCUT2D eigenvalue weighted by Gasteiger charge is 2.32. The molecule has 1 aliphatic carbocycles. The molecule has 0 radical (unpaired) electrons. The molecule has 2 aliphatic heterocycles. The van der Waals surface area contributed by atoms with Crippen LogP contribution in [0.4, 0.5) is 9.18 Å². The predicted molar refractivity (Wildman–Crippen MR) is 214 cm³/mol. The monoisotopic (exact) mass is 811 g/mol. The highest BCUT2D eigenvalue weighted by Crippen LogP contribution is 2.45. The van der Waals surface area contributed by atoms with E-state index in [-0.39, 0.29) is 44.4 Å². The van der Waals surface area contributed by atoms with Gasteiger partial charge in [0.1, 0.15) is 31.2 Å². The Labute approximate surface area is 335 Å². The Morgan fingerprint density at radius 2 is 1.59 bits per heavy atom. The van der Waals surface area contributed by atoms with Crippen molar-refractivity contribution in [1.29, 1.82) is 0 Å². The molecule has 3 heterocycles. The zero-order chi connectivity index (χ0) is 39.0. The maximum atomic E-state index is 13.9. The van der Waals surface area contributed by atoms with Gasteiger partial charge in [0.15, 0.2) is 0 Å². The number of rotatable bonds is 22. The lowest BCUT2D eigenvalue weighted by Crippen LogP contribution is -2.34. The summed E-state index contributed by atoms with van der Waals surface area (Å²) < 4.78 is 51.8. The van der Waals surface area contributed by atoms with Crippen LogP contribution in [0.15, 0.2) is 54.6 Å². The highest BCUT2D eigenvalue weighted by molar-refractivity contribution is 8.77. The van der Waals surface area contributed by atoms with Crippen LogP contribution in [0.5, 0.6) is 0 Å². The summed E-state index contributed by atoms with van der Waals surface area (Å²) in [5.41, 5.74) is 4.53. The van der Waals surface area contributed by atoms with Gasteiger partial charge in [-0.05, 0) is 61.9 Å². The van der Waals surface area contributed by atoms with E-state index in [0.717, 1.165) is 64.2 Å². The molecule has 6 rings (SSSR count). The summed E-state index contributed by atoms with van der Waals surface area (Å²) in [4.78, 5) is 41.8. The topological polar surface area (TPSA) is 129 Å². The number of fused-ring (bicyclic) bond motifs is 1. The summed E-state index contributed by atoms with van der Waals surface area (Å²) >= 11 is 0. The van der Waals surface area contributed by atoms with Crippen LogP contribution in [0.3, 0.4) is 0 Å². The summed E-state index contributed by atoms with van der Waals surface area (Å²) in [7, 11) is 3.91. The first kappa shape index (κ1) is 41.9. The molecular weight excluding hydrogens is 762 g/mol. The van der Waals surface area contributed by atoms with Gasteiger partial charge in [-0.1, -0.05) is 64.4 Å². The fourth-order valence-electron chi connectivity index (χ4n) is 6.60. The number of carbonyl (C=O) groups excluding carboxylic acids is 3. The number of esters is 2. The molecule has 3 aliphatic rings. The summed E-state index contributed by atoms with van der Waals surface area (Å²) in [5, 5.41) is 1.68. The molecule has 3 unspecified atom stereocenters. The van der Waals surface area contributed by atoms with Gasteiger partial charge in [0, 0.05) is 46.3 Å². The van der Waals surface area contributed by atoms with Crippen molar-refractivity contribution in [1.82, 2.24) is 4.98 Å². The standard InChI is InChI=1S/C42H50FNO10S2/c43-31-13-11-29(12-14-31)40-35-6-2-3-7-37(35)44-41(30-9-10-30)36(40)16-15-32-27-33(28-39(46)53-32)54-42(47)52-25-23-50-21-19-48-18-20-49-22-24-51-38(45)8-4-1-5-34-17-26-55-56-34/h2-3,6-7,11-16,30,32-34H,1,4-5,8-10,17-28H2. The fourth-order valence-corrected chi connectivity index (χ4v) is 9.63. The van der Waals surface area contributed by atoms with Crippen LogP contribution in [0.2, 0.25) is 0 Å². The third-order valence-electron chi connectivity index (χ3n) is 9.54. The predicted octanol–water partition coefficient (Wildman–Crippen LogP) is 8.47. The Bertz CT molecular complexity index is 1770. The van der Waals surface area contributed by atoms with E-state index in [1.807, 2.05) is 58.0 Å². The van der Waals surface area contributed by atoms with E-state index in [2.05, 4.69) is 0 Å². The van der Waals surface area contributed by atoms with Crippen molar-refractivity contribution in [3.63, 3.8) is 0 Å². The van der Waals surface area contributed by atoms with Crippen molar-refractivity contribution in [3.8, 4) is 11.1 Å². The second-order valence-electron chi connectivity index (χ2n) is 13.9. The Kier molecular flexibility index (Phi) is 16.7. The molecule has 0 spiro atoms. The molecule has 56 heavy (non-hydrogen) atoms. The number of aromatic nitrogens is 1. The van der Waals surface area contributed by atoms with Crippen LogP contribution in [0, 0.1) is 5.82 Å². The molecular formula is C42H50FNO10S2. The van der Waals surface area contributed by atoms with E-state index in [0.29, 0.717) is 45.4 Å². The van der Waals surface area contributed by atoms with Gasteiger partial charge in [-0.15, -0.1) is 0 Å². The van der Waals surface area contributed by atoms with Gasteiger partial charge in [-0.3, -0.25) is 14.6 Å². The van der Waals surface area contributed by atoms with Crippen molar-refractivity contribution in [3.05, 3.63) is 71.7 Å². The number of cyclic esters (lactones) is 1. The van der Waals surface area contributed by atoms with Crippen LogP contribution in [0.25, 0.3) is 28.1 Å². The minimum atomic E-state index is -0.888. The second kappa shape index (κ2) is 22.3. The first-order chi connectivity index (χ1) is 27.4. The van der Waals surface area contributed by atoms with E-state index in [1.165, 1.54) is 30.7 Å². The SMILES string of the molecule is O=C(CCCCC1CCSS1)OCCOCCOCCOCCOC(=O)OC1CC(=O)OC(C=Cc2c(C3CC3)nc3ccccc3c2-c2ccc(F)cc2)C1. The molecule has 3 aromatic rings. The van der Waals surface area contributed by atoms with E-state index >= 15 is 0 Å². The van der Waals surface area contributed by atoms with E-state index < -0.39 is 24.3 Å². The average Bonchev–Trinajstić information content (AvgIpc) is 3.91. The normalized spacial score (nSPS) is 19.7. The Morgan fingerprint density at radius 3 is 2.30 bits per heavy atom. The quantitative estimate of drug-likeness (QED) is 0.0417. The number of para-hydroxylation sites is 1. The van der Waals surface area contributed by atoms with Crippen LogP contribution in [-0.4, -0.2) is 99.1 Å². The maximum absolute atomic E-state index is 13.9. The molecule has 0 N–H and O–H groups in total. The van der Waals surface area contributed by atoms with Crippen molar-refractivity contribution < 1.29 is 51.9 Å². The lowest BCUT2D eigenvalue weighted by Gasteiger charge is -2.26. The number of pyridine rings is 1. The van der Waals surface area contributed by atoms with Crippen LogP contribution < -0.4 is 0 Å². The first-order valence-corrected chi connectivity index (χ1v) is 21.9. The average molecular weight is 812 g/mol. The lowest BCUT2D eigenvalue weighted by molar-refractivity contribution is -0.157. The van der Waals surface area contributed by atoms with Crippen LogP contribution in [-0.2, 0) is 42.7 Å². The van der Waals surface area contributed by atoms with Gasteiger partial charge in [0.25, 0.3) is 0 Å². The third kappa shape index (κ3) is 13.5. The Hall–Kier alpha value is -3.69. The minimum Gasteiger partial charge on any atom is -0.463 e. The summed E-state index contributed by atoms with van der Waals surface area (Å²) in [6.07, 6.45) is 8.55. The van der Waals surface area contributed by atoms with Gasteiger partial charge < -0.3 is 33.2 Å². The zero-order valence-electron chi connectivity index (χ0n) is 31.5. The second-order valence-corrected chi connectivity index (χ2v) is 16.7. The van der Waals surface area contributed by atoms with Crippen molar-refractivity contribution >= 4 is 56.7 Å². The third-order valence-corrected chi connectivity index (χ3v) is 12.5. The number of halogens is 1. The first-order valence-electron chi connectivity index (χ1n) is 19.5. The number of unbranched alkanes of at least 4 members (excludes halogenated alkanes) is 1. The number of carbonyl (C=O) groups is 3. The maximum Gasteiger partial charge on any atom is 0.508 e. The van der Waals surface area contributed by atoms with Crippen molar-refractivity contribution in [2.45, 2.75) is 81.2 Å². The number of nitrogens with zero attached hydrogens (tertiary/aromatic N) is 1. The van der Waals surface area contributed by atoms with Gasteiger partial charge in [0.05, 0.1) is 57.3 Å².